The van der Waals surface area contributed by atoms with Gasteiger partial charge < -0.3 is 9.72 Å². The lowest BCUT2D eigenvalue weighted by Gasteiger charge is -2.08. The zero-order valence-corrected chi connectivity index (χ0v) is 12.7. The summed E-state index contributed by atoms with van der Waals surface area (Å²) < 4.78 is 5.22. The minimum absolute atomic E-state index is 0.0213. The first kappa shape index (κ1) is 15.0. The van der Waals surface area contributed by atoms with Crippen molar-refractivity contribution < 1.29 is 9.66 Å². The second-order valence-electron chi connectivity index (χ2n) is 4.52. The number of H-pyrrole nitrogens is 2. The molecule has 118 valence electrons. The van der Waals surface area contributed by atoms with Gasteiger partial charge in [0.05, 0.1) is 18.4 Å². The van der Waals surface area contributed by atoms with Crippen molar-refractivity contribution in [2.45, 2.75) is 10.8 Å². The monoisotopic (exact) mass is 333 g/mol. The van der Waals surface area contributed by atoms with E-state index in [4.69, 9.17) is 4.74 Å². The highest BCUT2D eigenvalue weighted by molar-refractivity contribution is 7.98. The lowest BCUT2D eigenvalue weighted by atomic mass is 10.2. The number of nitrogens with one attached hydrogen (secondary N) is 2. The zero-order chi connectivity index (χ0) is 16.4. The van der Waals surface area contributed by atoms with Gasteiger partial charge in [-0.2, -0.15) is 4.98 Å². The fourth-order valence-electron chi connectivity index (χ4n) is 2.07. The Kier molecular flexibility index (Phi) is 3.98. The van der Waals surface area contributed by atoms with Crippen LogP contribution in [0.1, 0.15) is 5.56 Å². The molecule has 9 nitrogen and oxygen atoms in total. The number of non-ortho nitro benzene ring substituents is 1. The molecule has 0 spiro atoms. The SMILES string of the molecule is COc1ccc([N+](=O)[O-])cc1CSc1nc(=O)[nH]c2nc[nH]c12. The molecule has 3 aromatic rings. The normalized spacial score (nSPS) is 10.8. The predicted octanol–water partition coefficient (Wildman–Crippen LogP) is 1.86. The molecule has 0 saturated heterocycles. The topological polar surface area (TPSA) is 127 Å². The van der Waals surface area contributed by atoms with Crippen LogP contribution in [0.4, 0.5) is 5.69 Å². The minimum atomic E-state index is -0.502. The first-order valence-corrected chi connectivity index (χ1v) is 7.44. The molecule has 0 aliphatic heterocycles. The number of nitro groups is 1. The van der Waals surface area contributed by atoms with E-state index in [2.05, 4.69) is 19.9 Å². The molecular formula is C13H11N5O4S. The number of benzene rings is 1. The average molecular weight is 333 g/mol. The van der Waals surface area contributed by atoms with Crippen molar-refractivity contribution in [3.8, 4) is 5.75 Å². The molecule has 2 aromatic heterocycles. The highest BCUT2D eigenvalue weighted by atomic mass is 32.2. The molecule has 0 saturated carbocycles. The molecular weight excluding hydrogens is 322 g/mol. The van der Waals surface area contributed by atoms with Crippen LogP contribution in [0.2, 0.25) is 0 Å². The van der Waals surface area contributed by atoms with Gasteiger partial charge >= 0.3 is 5.69 Å². The Morgan fingerprint density at radius 3 is 3.00 bits per heavy atom. The molecule has 0 aliphatic carbocycles. The third-order valence-corrected chi connectivity index (χ3v) is 4.15. The van der Waals surface area contributed by atoms with E-state index in [0.29, 0.717) is 33.3 Å². The number of imidazole rings is 1. The van der Waals surface area contributed by atoms with Gasteiger partial charge in [0.15, 0.2) is 5.65 Å². The van der Waals surface area contributed by atoms with E-state index in [9.17, 15) is 14.9 Å². The standard InChI is InChI=1S/C13H11N5O4S/c1-22-9-3-2-8(18(20)21)4-7(9)5-23-12-10-11(15-6-14-10)16-13(19)17-12/h2-4,6H,5H2,1H3,(H2,14,15,16,17,19). The summed E-state index contributed by atoms with van der Waals surface area (Å²) in [6, 6.07) is 4.37. The van der Waals surface area contributed by atoms with Gasteiger partial charge in [-0.15, -0.1) is 0 Å². The van der Waals surface area contributed by atoms with Crippen molar-refractivity contribution in [2.24, 2.45) is 0 Å². The van der Waals surface area contributed by atoms with Crippen molar-refractivity contribution in [3.63, 3.8) is 0 Å². The number of nitro benzene ring substituents is 1. The van der Waals surface area contributed by atoms with Gasteiger partial charge in [0.2, 0.25) is 0 Å². The van der Waals surface area contributed by atoms with E-state index in [-0.39, 0.29) is 5.69 Å². The van der Waals surface area contributed by atoms with Gasteiger partial charge in [0, 0.05) is 23.4 Å². The quantitative estimate of drug-likeness (QED) is 0.316. The molecule has 2 N–H and O–H groups in total. The molecule has 0 fully saturated rings. The van der Waals surface area contributed by atoms with Crippen LogP contribution < -0.4 is 10.4 Å². The number of hydrogen-bond acceptors (Lipinski definition) is 7. The molecule has 0 unspecified atom stereocenters. The van der Waals surface area contributed by atoms with Gasteiger partial charge in [-0.1, -0.05) is 11.8 Å². The summed E-state index contributed by atoms with van der Waals surface area (Å²) in [6.45, 7) is 0. The van der Waals surface area contributed by atoms with E-state index < -0.39 is 10.6 Å². The van der Waals surface area contributed by atoms with E-state index in [1.165, 1.54) is 37.3 Å². The molecule has 3 rings (SSSR count). The molecule has 2 heterocycles. The van der Waals surface area contributed by atoms with Crippen LogP contribution >= 0.6 is 11.8 Å². The maximum absolute atomic E-state index is 11.5. The Bertz CT molecular complexity index is 936. The largest absolute Gasteiger partial charge is 0.496 e. The number of ether oxygens (including phenoxy) is 1. The highest BCUT2D eigenvalue weighted by Gasteiger charge is 2.14. The molecule has 0 aliphatic rings. The summed E-state index contributed by atoms with van der Waals surface area (Å²) in [7, 11) is 1.49. The predicted molar refractivity (Wildman–Crippen MR) is 83.7 cm³/mol. The van der Waals surface area contributed by atoms with Crippen LogP contribution in [-0.4, -0.2) is 32.0 Å². The maximum atomic E-state index is 11.5. The van der Waals surface area contributed by atoms with Gasteiger partial charge in [0.25, 0.3) is 5.69 Å². The molecule has 0 atom stereocenters. The van der Waals surface area contributed by atoms with Crippen LogP contribution in [0, 0.1) is 10.1 Å². The first-order valence-electron chi connectivity index (χ1n) is 6.46. The lowest BCUT2D eigenvalue weighted by Crippen LogP contribution is -2.11. The number of aromatic amines is 2. The van der Waals surface area contributed by atoms with Crippen molar-refractivity contribution in [1.29, 1.82) is 0 Å². The zero-order valence-electron chi connectivity index (χ0n) is 11.9. The summed E-state index contributed by atoms with van der Waals surface area (Å²) in [4.78, 5) is 35.3. The minimum Gasteiger partial charge on any atom is -0.496 e. The van der Waals surface area contributed by atoms with Gasteiger partial charge in [-0.3, -0.25) is 15.1 Å². The number of rotatable bonds is 5. The molecule has 23 heavy (non-hydrogen) atoms. The van der Waals surface area contributed by atoms with E-state index in [1.807, 2.05) is 0 Å². The molecule has 0 bridgehead atoms. The summed E-state index contributed by atoms with van der Waals surface area (Å²) in [5.41, 5.74) is 1.14. The smallest absolute Gasteiger partial charge is 0.347 e. The second-order valence-corrected chi connectivity index (χ2v) is 5.48. The van der Waals surface area contributed by atoms with Crippen LogP contribution in [0.5, 0.6) is 5.75 Å². The highest BCUT2D eigenvalue weighted by Crippen LogP contribution is 2.31. The Hall–Kier alpha value is -2.88. The maximum Gasteiger partial charge on any atom is 0.347 e. The number of thioether (sulfide) groups is 1. The Balaban J connectivity index is 1.93. The van der Waals surface area contributed by atoms with Crippen molar-refractivity contribution in [2.75, 3.05) is 7.11 Å². The fraction of sp³-hybridized carbons (Fsp3) is 0.154. The van der Waals surface area contributed by atoms with Gasteiger partial charge in [0.1, 0.15) is 16.3 Å². The van der Waals surface area contributed by atoms with E-state index >= 15 is 0 Å². The summed E-state index contributed by atoms with van der Waals surface area (Å²) in [5.74, 6) is 0.892. The number of methoxy groups -OCH3 is 1. The lowest BCUT2D eigenvalue weighted by molar-refractivity contribution is -0.384. The summed E-state index contributed by atoms with van der Waals surface area (Å²) in [5, 5.41) is 11.4. The van der Waals surface area contributed by atoms with Crippen molar-refractivity contribution >= 4 is 28.6 Å². The van der Waals surface area contributed by atoms with Crippen molar-refractivity contribution in [3.05, 3.63) is 50.7 Å². The Morgan fingerprint density at radius 1 is 1.43 bits per heavy atom. The number of nitrogens with zero attached hydrogens (tertiary/aromatic N) is 3. The second kappa shape index (κ2) is 6.08. The van der Waals surface area contributed by atoms with Crippen molar-refractivity contribution in [1.82, 2.24) is 19.9 Å². The van der Waals surface area contributed by atoms with Gasteiger partial charge in [-0.05, 0) is 6.07 Å². The van der Waals surface area contributed by atoms with Crippen LogP contribution in [0.3, 0.4) is 0 Å². The number of aromatic nitrogens is 4. The molecule has 0 radical (unpaired) electrons. The van der Waals surface area contributed by atoms with Gasteiger partial charge in [-0.25, -0.2) is 9.78 Å². The average Bonchev–Trinajstić information content (AvgIpc) is 3.00. The third-order valence-electron chi connectivity index (χ3n) is 3.12. The Morgan fingerprint density at radius 2 is 2.26 bits per heavy atom. The molecule has 10 heteroatoms. The van der Waals surface area contributed by atoms with Crippen LogP contribution in [-0.2, 0) is 5.75 Å². The van der Waals surface area contributed by atoms with Crippen LogP contribution in [0.15, 0.2) is 34.3 Å². The number of hydrogen-bond donors (Lipinski definition) is 2. The summed E-state index contributed by atoms with van der Waals surface area (Å²) in [6.07, 6.45) is 1.46. The number of fused-ring (bicyclic) bond motifs is 1. The van der Waals surface area contributed by atoms with E-state index in [1.54, 1.807) is 6.07 Å². The first-order chi connectivity index (χ1) is 11.1. The molecule has 1 aromatic carbocycles. The third kappa shape index (κ3) is 3.01. The molecule has 0 amide bonds. The Labute approximate surface area is 133 Å². The van der Waals surface area contributed by atoms with Crippen LogP contribution in [0.25, 0.3) is 11.2 Å². The fourth-order valence-corrected chi connectivity index (χ4v) is 3.04. The summed E-state index contributed by atoms with van der Waals surface area (Å²) >= 11 is 1.27. The van der Waals surface area contributed by atoms with E-state index in [0.717, 1.165) is 0 Å².